The summed E-state index contributed by atoms with van der Waals surface area (Å²) in [6, 6.07) is 20.8. The first kappa shape index (κ1) is 22.5. The van der Waals surface area contributed by atoms with E-state index in [-0.39, 0.29) is 16.2 Å². The molecule has 182 valence electrons. The second-order valence-corrected chi connectivity index (χ2v) is 13.1. The smallest absolute Gasteiger partial charge is 0.100 e. The lowest BCUT2D eigenvalue weighted by molar-refractivity contribution is 0.332. The maximum absolute atomic E-state index is 2.55. The van der Waals surface area contributed by atoms with Crippen LogP contribution in [0.2, 0.25) is 0 Å². The Labute approximate surface area is 211 Å². The van der Waals surface area contributed by atoms with Gasteiger partial charge in [-0.05, 0) is 76.1 Å². The highest BCUT2D eigenvalue weighted by Crippen LogP contribution is 2.60. The van der Waals surface area contributed by atoms with Crippen LogP contribution < -0.4 is 14.7 Å². The van der Waals surface area contributed by atoms with Gasteiger partial charge in [0.2, 0.25) is 0 Å². The highest BCUT2D eigenvalue weighted by atomic mass is 15.4. The number of nitrogens with zero attached hydrogens (tertiary/aromatic N) is 3. The second kappa shape index (κ2) is 7.06. The first-order chi connectivity index (χ1) is 16.4. The van der Waals surface area contributed by atoms with Crippen LogP contribution in [0.3, 0.4) is 0 Å². The van der Waals surface area contributed by atoms with Crippen molar-refractivity contribution in [2.45, 2.75) is 77.6 Å². The van der Waals surface area contributed by atoms with Gasteiger partial charge in [0.15, 0.2) is 0 Å². The molecule has 1 aliphatic carbocycles. The van der Waals surface area contributed by atoms with Gasteiger partial charge in [-0.15, -0.1) is 0 Å². The normalized spacial score (nSPS) is 19.4. The first-order valence-corrected chi connectivity index (χ1v) is 13.1. The molecule has 0 fully saturated rings. The van der Waals surface area contributed by atoms with E-state index in [4.69, 9.17) is 0 Å². The SMILES string of the molecule is CN1c2cccc3c2N(CN3c2ccc(C(C)(C)C)cc2)c2ccc3c(c21)C(C)(C)CCC3(C)C. The number of fused-ring (bicyclic) bond motifs is 4. The van der Waals surface area contributed by atoms with Crippen molar-refractivity contribution in [3.63, 3.8) is 0 Å². The number of rotatable bonds is 1. The Kier molecular flexibility index (Phi) is 4.54. The van der Waals surface area contributed by atoms with Gasteiger partial charge in [0.05, 0.1) is 28.4 Å². The Hall–Kier alpha value is -2.94. The van der Waals surface area contributed by atoms with Crippen molar-refractivity contribution in [3.8, 4) is 0 Å². The van der Waals surface area contributed by atoms with E-state index in [2.05, 4.69) is 125 Å². The standard InChI is InChI=1S/C32H39N3/c1-30(2,3)21-12-14-22(15-13-21)34-20-35-26-17-16-23-27(32(6,7)19-18-31(23,4)5)29(26)33(8)24-10-9-11-25(34)28(24)35/h9-17H,18-20H2,1-8H3. The molecule has 0 unspecified atom stereocenters. The number of para-hydroxylation sites is 1. The van der Waals surface area contributed by atoms with E-state index < -0.39 is 0 Å². The third-order valence-corrected chi connectivity index (χ3v) is 8.81. The van der Waals surface area contributed by atoms with E-state index in [1.165, 1.54) is 63.7 Å². The Bertz CT molecular complexity index is 1320. The van der Waals surface area contributed by atoms with Gasteiger partial charge in [0.1, 0.15) is 6.67 Å². The van der Waals surface area contributed by atoms with Crippen molar-refractivity contribution in [2.24, 2.45) is 0 Å². The predicted octanol–water partition coefficient (Wildman–Crippen LogP) is 8.66. The summed E-state index contributed by atoms with van der Waals surface area (Å²) in [5, 5.41) is 0. The van der Waals surface area contributed by atoms with Crippen LogP contribution in [0.4, 0.5) is 34.1 Å². The van der Waals surface area contributed by atoms with Crippen LogP contribution in [0.1, 0.15) is 78.0 Å². The molecule has 0 saturated carbocycles. The van der Waals surface area contributed by atoms with Crippen molar-refractivity contribution in [1.82, 2.24) is 0 Å². The van der Waals surface area contributed by atoms with Gasteiger partial charge < -0.3 is 14.7 Å². The van der Waals surface area contributed by atoms with Crippen LogP contribution in [0.5, 0.6) is 0 Å². The van der Waals surface area contributed by atoms with Gasteiger partial charge in [-0.1, -0.05) is 72.7 Å². The Balaban J connectivity index is 1.52. The zero-order valence-corrected chi connectivity index (χ0v) is 22.7. The molecule has 3 aromatic rings. The van der Waals surface area contributed by atoms with Gasteiger partial charge in [0.25, 0.3) is 0 Å². The van der Waals surface area contributed by atoms with Crippen LogP contribution in [-0.4, -0.2) is 13.7 Å². The Morgan fingerprint density at radius 2 is 1.31 bits per heavy atom. The molecule has 3 aromatic carbocycles. The molecule has 35 heavy (non-hydrogen) atoms. The third-order valence-electron chi connectivity index (χ3n) is 8.81. The van der Waals surface area contributed by atoms with Crippen molar-refractivity contribution in [3.05, 3.63) is 71.3 Å². The number of anilines is 6. The monoisotopic (exact) mass is 465 g/mol. The predicted molar refractivity (Wildman–Crippen MR) is 151 cm³/mol. The molecular weight excluding hydrogens is 426 g/mol. The fraction of sp³-hybridized carbons (Fsp3) is 0.438. The lowest BCUT2D eigenvalue weighted by Gasteiger charge is -2.47. The maximum Gasteiger partial charge on any atom is 0.100 e. The number of hydrogen-bond donors (Lipinski definition) is 0. The summed E-state index contributed by atoms with van der Waals surface area (Å²) < 4.78 is 0. The van der Waals surface area contributed by atoms with Crippen LogP contribution in [0, 0.1) is 0 Å². The average molecular weight is 466 g/mol. The summed E-state index contributed by atoms with van der Waals surface area (Å²) in [5.74, 6) is 0. The van der Waals surface area contributed by atoms with Crippen molar-refractivity contribution < 1.29 is 0 Å². The van der Waals surface area contributed by atoms with Crippen molar-refractivity contribution in [1.29, 1.82) is 0 Å². The molecular formula is C32H39N3. The fourth-order valence-electron chi connectivity index (χ4n) is 6.52. The molecule has 0 N–H and O–H groups in total. The lowest BCUT2D eigenvalue weighted by Crippen LogP contribution is -2.37. The molecule has 2 heterocycles. The summed E-state index contributed by atoms with van der Waals surface area (Å²) in [6.45, 7) is 17.4. The fourth-order valence-corrected chi connectivity index (χ4v) is 6.52. The van der Waals surface area contributed by atoms with E-state index in [0.29, 0.717) is 0 Å². The minimum absolute atomic E-state index is 0.155. The summed E-state index contributed by atoms with van der Waals surface area (Å²) in [7, 11) is 2.27. The molecule has 3 nitrogen and oxygen atoms in total. The molecule has 0 aromatic heterocycles. The molecule has 0 atom stereocenters. The van der Waals surface area contributed by atoms with Crippen LogP contribution in [-0.2, 0) is 16.2 Å². The zero-order valence-electron chi connectivity index (χ0n) is 22.7. The molecule has 0 amide bonds. The average Bonchev–Trinajstić information content (AvgIpc) is 3.20. The van der Waals surface area contributed by atoms with Gasteiger partial charge >= 0.3 is 0 Å². The van der Waals surface area contributed by atoms with Crippen molar-refractivity contribution >= 4 is 34.1 Å². The minimum Gasteiger partial charge on any atom is -0.341 e. The van der Waals surface area contributed by atoms with Crippen molar-refractivity contribution in [2.75, 3.05) is 28.4 Å². The van der Waals surface area contributed by atoms with E-state index in [1.54, 1.807) is 0 Å². The molecule has 0 bridgehead atoms. The highest BCUT2D eigenvalue weighted by Gasteiger charge is 2.44. The van der Waals surface area contributed by atoms with Crippen LogP contribution in [0.25, 0.3) is 0 Å². The summed E-state index contributed by atoms with van der Waals surface area (Å²) in [4.78, 5) is 7.50. The highest BCUT2D eigenvalue weighted by molar-refractivity contribution is 6.04. The summed E-state index contributed by atoms with van der Waals surface area (Å²) in [6.07, 6.45) is 2.45. The largest absolute Gasteiger partial charge is 0.341 e. The lowest BCUT2D eigenvalue weighted by atomic mass is 9.62. The molecule has 0 radical (unpaired) electrons. The van der Waals surface area contributed by atoms with Crippen LogP contribution in [0.15, 0.2) is 54.6 Å². The molecule has 0 spiro atoms. The van der Waals surface area contributed by atoms with Gasteiger partial charge in [-0.2, -0.15) is 0 Å². The Morgan fingerprint density at radius 3 is 2.00 bits per heavy atom. The Morgan fingerprint density at radius 1 is 0.686 bits per heavy atom. The summed E-state index contributed by atoms with van der Waals surface area (Å²) >= 11 is 0. The second-order valence-electron chi connectivity index (χ2n) is 13.1. The maximum atomic E-state index is 2.55. The molecule has 2 aliphatic heterocycles. The van der Waals surface area contributed by atoms with Crippen LogP contribution >= 0.6 is 0 Å². The molecule has 0 saturated heterocycles. The minimum atomic E-state index is 0.155. The quantitative estimate of drug-likeness (QED) is 0.356. The topological polar surface area (TPSA) is 9.72 Å². The molecule has 3 aliphatic rings. The summed E-state index contributed by atoms with van der Waals surface area (Å²) in [5.41, 5.74) is 12.9. The van der Waals surface area contributed by atoms with E-state index in [0.717, 1.165) is 6.67 Å². The van der Waals surface area contributed by atoms with Gasteiger partial charge in [0, 0.05) is 12.7 Å². The zero-order chi connectivity index (χ0) is 24.9. The molecule has 6 rings (SSSR count). The van der Waals surface area contributed by atoms with Gasteiger partial charge in [-0.25, -0.2) is 0 Å². The third kappa shape index (κ3) is 3.16. The van der Waals surface area contributed by atoms with E-state index >= 15 is 0 Å². The van der Waals surface area contributed by atoms with E-state index in [9.17, 15) is 0 Å². The molecule has 3 heteroatoms. The first-order valence-electron chi connectivity index (χ1n) is 13.1. The number of hydrogen-bond acceptors (Lipinski definition) is 3. The van der Waals surface area contributed by atoms with Gasteiger partial charge in [-0.3, -0.25) is 0 Å². The number of benzene rings is 3. The van der Waals surface area contributed by atoms with E-state index in [1.807, 2.05) is 0 Å².